The molecule has 2 rings (SSSR count). The molecule has 2 atom stereocenters. The summed E-state index contributed by atoms with van der Waals surface area (Å²) in [7, 11) is 1.81. The van der Waals surface area contributed by atoms with Crippen LogP contribution in [-0.4, -0.2) is 18.1 Å². The van der Waals surface area contributed by atoms with Gasteiger partial charge in [0.05, 0.1) is 17.6 Å². The van der Waals surface area contributed by atoms with Gasteiger partial charge in [-0.3, -0.25) is 0 Å². The molecule has 6 heteroatoms. The average Bonchev–Trinajstić information content (AvgIpc) is 2.37. The molecule has 0 radical (unpaired) electrons. The van der Waals surface area contributed by atoms with E-state index in [0.29, 0.717) is 17.3 Å². The number of rotatable bonds is 2. The van der Waals surface area contributed by atoms with Crippen LogP contribution in [0.5, 0.6) is 0 Å². The van der Waals surface area contributed by atoms with E-state index in [2.05, 4.69) is 11.9 Å². The summed E-state index contributed by atoms with van der Waals surface area (Å²) in [5.41, 5.74) is 5.63. The van der Waals surface area contributed by atoms with E-state index in [0.717, 1.165) is 31.5 Å². The van der Waals surface area contributed by atoms with Gasteiger partial charge >= 0.3 is 6.18 Å². The second kappa shape index (κ2) is 5.50. The normalized spacial score (nSPS) is 23.6. The van der Waals surface area contributed by atoms with E-state index in [4.69, 9.17) is 5.73 Å². The number of anilines is 2. The van der Waals surface area contributed by atoms with E-state index < -0.39 is 11.9 Å². The molecule has 1 aromatic rings. The van der Waals surface area contributed by atoms with Crippen LogP contribution in [0.15, 0.2) is 12.3 Å². The smallest absolute Gasteiger partial charge is 0.396 e. The van der Waals surface area contributed by atoms with Crippen molar-refractivity contribution in [3.63, 3.8) is 0 Å². The van der Waals surface area contributed by atoms with Crippen molar-refractivity contribution < 1.29 is 13.2 Å². The first kappa shape index (κ1) is 14.9. The SMILES string of the molecule is CC1CCCC(N(C)c2cc(C(F)(F)F)ncc2N)C1. The topological polar surface area (TPSA) is 42.2 Å². The number of hydrogen-bond donors (Lipinski definition) is 1. The van der Waals surface area contributed by atoms with E-state index in [-0.39, 0.29) is 6.04 Å². The van der Waals surface area contributed by atoms with Crippen molar-refractivity contribution in [1.29, 1.82) is 0 Å². The highest BCUT2D eigenvalue weighted by molar-refractivity contribution is 5.67. The van der Waals surface area contributed by atoms with Crippen LogP contribution >= 0.6 is 0 Å². The van der Waals surface area contributed by atoms with Crippen molar-refractivity contribution in [3.05, 3.63) is 18.0 Å². The van der Waals surface area contributed by atoms with Crippen LogP contribution in [-0.2, 0) is 6.18 Å². The zero-order valence-corrected chi connectivity index (χ0v) is 11.7. The minimum Gasteiger partial charge on any atom is -0.396 e. The molecule has 1 aliphatic carbocycles. The zero-order chi connectivity index (χ0) is 14.9. The largest absolute Gasteiger partial charge is 0.433 e. The Bertz CT molecular complexity index is 473. The molecule has 1 heterocycles. The predicted octanol–water partition coefficient (Wildman–Crippen LogP) is 3.70. The van der Waals surface area contributed by atoms with Gasteiger partial charge in [-0.1, -0.05) is 19.8 Å². The second-order valence-electron chi connectivity index (χ2n) is 5.66. The molecule has 0 spiro atoms. The number of nitrogens with zero attached hydrogens (tertiary/aromatic N) is 2. The molecule has 0 bridgehead atoms. The third-order valence-electron chi connectivity index (χ3n) is 4.04. The monoisotopic (exact) mass is 287 g/mol. The van der Waals surface area contributed by atoms with Gasteiger partial charge in [0.1, 0.15) is 5.69 Å². The average molecular weight is 287 g/mol. The summed E-state index contributed by atoms with van der Waals surface area (Å²) < 4.78 is 38.2. The fourth-order valence-corrected chi connectivity index (χ4v) is 2.87. The molecule has 1 fully saturated rings. The standard InChI is InChI=1S/C14H20F3N3/c1-9-4-3-5-10(6-9)20(2)12-7-13(14(15,16)17)19-8-11(12)18/h7-10H,3-6,18H2,1-2H3. The maximum atomic E-state index is 12.7. The van der Waals surface area contributed by atoms with E-state index in [1.54, 1.807) is 0 Å². The molecule has 1 aliphatic rings. The third kappa shape index (κ3) is 3.16. The van der Waals surface area contributed by atoms with Gasteiger partial charge in [-0.2, -0.15) is 13.2 Å². The number of nitrogen functional groups attached to an aromatic ring is 1. The lowest BCUT2D eigenvalue weighted by Gasteiger charge is -2.36. The minimum absolute atomic E-state index is 0.240. The van der Waals surface area contributed by atoms with Crippen LogP contribution in [0, 0.1) is 5.92 Å². The molecule has 2 N–H and O–H groups in total. The Morgan fingerprint density at radius 3 is 2.65 bits per heavy atom. The predicted molar refractivity (Wildman–Crippen MR) is 73.5 cm³/mol. The maximum absolute atomic E-state index is 12.7. The van der Waals surface area contributed by atoms with Crippen LogP contribution < -0.4 is 10.6 Å². The lowest BCUT2D eigenvalue weighted by Crippen LogP contribution is -2.36. The first-order valence-electron chi connectivity index (χ1n) is 6.84. The molecule has 2 unspecified atom stereocenters. The first-order valence-corrected chi connectivity index (χ1v) is 6.84. The van der Waals surface area contributed by atoms with Gasteiger partial charge in [-0.25, -0.2) is 4.98 Å². The summed E-state index contributed by atoms with van der Waals surface area (Å²) in [6, 6.07) is 1.29. The Kier molecular flexibility index (Phi) is 4.11. The number of nitrogens with two attached hydrogens (primary N) is 1. The van der Waals surface area contributed by atoms with Crippen LogP contribution in [0.25, 0.3) is 0 Å². The lowest BCUT2D eigenvalue weighted by molar-refractivity contribution is -0.141. The fourth-order valence-electron chi connectivity index (χ4n) is 2.87. The lowest BCUT2D eigenvalue weighted by atomic mass is 9.86. The van der Waals surface area contributed by atoms with Gasteiger partial charge in [0.25, 0.3) is 0 Å². The molecular weight excluding hydrogens is 267 g/mol. The van der Waals surface area contributed by atoms with Gasteiger partial charge in [0.2, 0.25) is 0 Å². The van der Waals surface area contributed by atoms with Crippen LogP contribution in [0.4, 0.5) is 24.5 Å². The fraction of sp³-hybridized carbons (Fsp3) is 0.643. The Hall–Kier alpha value is -1.46. The maximum Gasteiger partial charge on any atom is 0.433 e. The van der Waals surface area contributed by atoms with E-state index in [9.17, 15) is 13.2 Å². The third-order valence-corrected chi connectivity index (χ3v) is 4.04. The molecule has 0 amide bonds. The molecule has 0 saturated heterocycles. The van der Waals surface area contributed by atoms with E-state index in [1.807, 2.05) is 11.9 Å². The number of aromatic nitrogens is 1. The van der Waals surface area contributed by atoms with Gasteiger partial charge in [-0.15, -0.1) is 0 Å². The van der Waals surface area contributed by atoms with Crippen LogP contribution in [0.2, 0.25) is 0 Å². The van der Waals surface area contributed by atoms with Gasteiger partial charge in [-0.05, 0) is 24.8 Å². The highest BCUT2D eigenvalue weighted by Crippen LogP contribution is 2.35. The van der Waals surface area contributed by atoms with Gasteiger partial charge in [0, 0.05) is 13.1 Å². The van der Waals surface area contributed by atoms with Crippen molar-refractivity contribution in [2.75, 3.05) is 17.7 Å². The second-order valence-corrected chi connectivity index (χ2v) is 5.66. The Morgan fingerprint density at radius 2 is 2.05 bits per heavy atom. The zero-order valence-electron chi connectivity index (χ0n) is 11.7. The summed E-state index contributed by atoms with van der Waals surface area (Å²) in [6.45, 7) is 2.18. The van der Waals surface area contributed by atoms with E-state index >= 15 is 0 Å². The van der Waals surface area contributed by atoms with Crippen LogP contribution in [0.3, 0.4) is 0 Å². The number of pyridine rings is 1. The van der Waals surface area contributed by atoms with Crippen molar-refractivity contribution in [3.8, 4) is 0 Å². The van der Waals surface area contributed by atoms with Crippen molar-refractivity contribution >= 4 is 11.4 Å². The molecule has 1 aromatic heterocycles. The van der Waals surface area contributed by atoms with Crippen LogP contribution in [0.1, 0.15) is 38.3 Å². The molecular formula is C14H20F3N3. The quantitative estimate of drug-likeness (QED) is 0.902. The number of halogens is 3. The summed E-state index contributed by atoms with van der Waals surface area (Å²) in [5.74, 6) is 0.598. The molecule has 112 valence electrons. The van der Waals surface area contributed by atoms with Crippen molar-refractivity contribution in [1.82, 2.24) is 4.98 Å². The molecule has 3 nitrogen and oxygen atoms in total. The van der Waals surface area contributed by atoms with E-state index in [1.165, 1.54) is 6.42 Å². The number of hydrogen-bond acceptors (Lipinski definition) is 3. The van der Waals surface area contributed by atoms with Gasteiger partial charge in [0.15, 0.2) is 0 Å². The Morgan fingerprint density at radius 1 is 1.35 bits per heavy atom. The molecule has 20 heavy (non-hydrogen) atoms. The summed E-state index contributed by atoms with van der Waals surface area (Å²) in [5, 5.41) is 0. The molecule has 0 aromatic carbocycles. The van der Waals surface area contributed by atoms with Crippen molar-refractivity contribution in [2.24, 2.45) is 5.92 Å². The summed E-state index contributed by atoms with van der Waals surface area (Å²) in [4.78, 5) is 5.25. The summed E-state index contributed by atoms with van der Waals surface area (Å²) >= 11 is 0. The Labute approximate surface area is 117 Å². The molecule has 0 aliphatic heterocycles. The first-order chi connectivity index (χ1) is 9.29. The highest BCUT2D eigenvalue weighted by Gasteiger charge is 2.34. The minimum atomic E-state index is -4.44. The van der Waals surface area contributed by atoms with Crippen molar-refractivity contribution in [2.45, 2.75) is 44.8 Å². The Balaban J connectivity index is 2.26. The molecule has 1 saturated carbocycles. The van der Waals surface area contributed by atoms with Gasteiger partial charge < -0.3 is 10.6 Å². The highest BCUT2D eigenvalue weighted by atomic mass is 19.4. The number of alkyl halides is 3. The summed E-state index contributed by atoms with van der Waals surface area (Å²) in [6.07, 6.45) is 0.922.